The Morgan fingerprint density at radius 3 is 2.07 bits per heavy atom. The summed E-state index contributed by atoms with van der Waals surface area (Å²) in [5.41, 5.74) is 9.78. The Kier molecular flexibility index (Phi) is 4.93. The van der Waals surface area contributed by atoms with Gasteiger partial charge in [0.15, 0.2) is 11.4 Å². The number of rotatable bonds is 3. The van der Waals surface area contributed by atoms with Crippen LogP contribution in [0, 0.1) is 0 Å². The molecule has 10 aromatic rings. The molecule has 45 heavy (non-hydrogen) atoms. The van der Waals surface area contributed by atoms with E-state index in [1.807, 2.05) is 48.5 Å². The van der Waals surface area contributed by atoms with Crippen LogP contribution < -0.4 is 0 Å². The lowest BCUT2D eigenvalue weighted by atomic mass is 10.1. The maximum atomic E-state index is 6.68. The minimum atomic E-state index is 0.616. The summed E-state index contributed by atoms with van der Waals surface area (Å²) in [4.78, 5) is 10.4. The summed E-state index contributed by atoms with van der Waals surface area (Å²) in [6, 6.07) is 47.8. The van der Waals surface area contributed by atoms with Crippen molar-refractivity contribution in [3.8, 4) is 28.3 Å². The van der Waals surface area contributed by atoms with E-state index < -0.39 is 0 Å². The minimum Gasteiger partial charge on any atom is -0.456 e. The van der Waals surface area contributed by atoms with E-state index in [1.165, 1.54) is 5.39 Å². The quantitative estimate of drug-likeness (QED) is 0.210. The predicted octanol–water partition coefficient (Wildman–Crippen LogP) is 10.7. The maximum Gasteiger partial charge on any atom is 0.180 e. The van der Waals surface area contributed by atoms with Crippen LogP contribution in [0.4, 0.5) is 0 Å². The molecule has 0 aliphatic carbocycles. The number of para-hydroxylation sites is 3. The lowest BCUT2D eigenvalue weighted by Gasteiger charge is -2.09. The third-order valence-corrected chi connectivity index (χ3v) is 8.81. The normalized spacial score (nSPS) is 12.0. The molecular weight excluding hydrogens is 554 g/mol. The van der Waals surface area contributed by atoms with Crippen molar-refractivity contribution in [1.82, 2.24) is 14.5 Å². The van der Waals surface area contributed by atoms with Gasteiger partial charge in [0.1, 0.15) is 28.0 Å². The molecule has 0 atom stereocenters. The molecule has 0 bridgehead atoms. The van der Waals surface area contributed by atoms with Crippen LogP contribution in [0.15, 0.2) is 148 Å². The number of nitrogens with zero attached hydrogens (tertiary/aromatic N) is 3. The van der Waals surface area contributed by atoms with Gasteiger partial charge in [0.05, 0.1) is 16.4 Å². The van der Waals surface area contributed by atoms with Crippen molar-refractivity contribution in [1.29, 1.82) is 0 Å². The molecular formula is C40H23N3O2. The largest absolute Gasteiger partial charge is 0.456 e. The van der Waals surface area contributed by atoms with Crippen molar-refractivity contribution in [3.63, 3.8) is 0 Å². The first kappa shape index (κ1) is 24.3. The average Bonchev–Trinajstić information content (AvgIpc) is 3.77. The van der Waals surface area contributed by atoms with Crippen LogP contribution in [0.2, 0.25) is 0 Å². The molecule has 0 unspecified atom stereocenters. The van der Waals surface area contributed by atoms with Gasteiger partial charge in [-0.1, -0.05) is 91.0 Å². The molecule has 0 fully saturated rings. The smallest absolute Gasteiger partial charge is 0.180 e. The van der Waals surface area contributed by atoms with Crippen molar-refractivity contribution in [2.24, 2.45) is 0 Å². The number of hydrogen-bond acceptors (Lipinski definition) is 4. The Morgan fingerprint density at radius 1 is 0.489 bits per heavy atom. The van der Waals surface area contributed by atoms with Gasteiger partial charge < -0.3 is 13.4 Å². The van der Waals surface area contributed by atoms with Crippen molar-refractivity contribution < 1.29 is 8.83 Å². The zero-order chi connectivity index (χ0) is 29.5. The van der Waals surface area contributed by atoms with Crippen LogP contribution >= 0.6 is 0 Å². The highest BCUT2D eigenvalue weighted by Crippen LogP contribution is 2.43. The van der Waals surface area contributed by atoms with E-state index >= 15 is 0 Å². The van der Waals surface area contributed by atoms with Gasteiger partial charge in [-0.25, -0.2) is 9.97 Å². The number of aromatic nitrogens is 3. The Balaban J connectivity index is 1.35. The van der Waals surface area contributed by atoms with Crippen LogP contribution in [0.25, 0.3) is 94.1 Å². The monoisotopic (exact) mass is 577 g/mol. The van der Waals surface area contributed by atoms with E-state index in [-0.39, 0.29) is 0 Å². The third-order valence-electron chi connectivity index (χ3n) is 8.81. The molecule has 0 aliphatic heterocycles. The molecule has 0 spiro atoms. The molecule has 10 rings (SSSR count). The van der Waals surface area contributed by atoms with Gasteiger partial charge in [0.25, 0.3) is 0 Å². The summed E-state index contributed by atoms with van der Waals surface area (Å²) < 4.78 is 15.3. The van der Waals surface area contributed by atoms with Crippen molar-refractivity contribution in [3.05, 3.63) is 140 Å². The lowest BCUT2D eigenvalue weighted by molar-refractivity contribution is 0.667. The molecule has 0 saturated carbocycles. The average molecular weight is 578 g/mol. The third kappa shape index (κ3) is 3.49. The topological polar surface area (TPSA) is 57.0 Å². The van der Waals surface area contributed by atoms with E-state index in [0.29, 0.717) is 11.4 Å². The highest BCUT2D eigenvalue weighted by molar-refractivity contribution is 6.24. The SMILES string of the molecule is c1ccc(-c2nc(-c3ccc4c(c3)oc3ccccc34)nc3c2oc2ccc4c5ccccc5n(-c5ccccc5)c4c23)cc1. The van der Waals surface area contributed by atoms with Crippen LogP contribution in [-0.2, 0) is 0 Å². The van der Waals surface area contributed by atoms with Crippen LogP contribution in [0.5, 0.6) is 0 Å². The number of benzene rings is 6. The standard InChI is InChI=1S/C40H23N3O2/c1-3-11-24(12-4-1)36-39-37(42-40(41-36)25-19-20-29-28-16-8-10-18-32(28)44-34(29)23-25)35-33(45-39)22-21-30-27-15-7-9-17-31(27)43(38(30)35)26-13-5-2-6-14-26/h1-23H. The molecule has 4 aromatic heterocycles. The molecule has 0 aliphatic rings. The summed E-state index contributed by atoms with van der Waals surface area (Å²) in [7, 11) is 0. The van der Waals surface area contributed by atoms with Gasteiger partial charge in [0, 0.05) is 38.4 Å². The lowest BCUT2D eigenvalue weighted by Crippen LogP contribution is -1.95. The fourth-order valence-electron chi connectivity index (χ4n) is 6.81. The number of hydrogen-bond donors (Lipinski definition) is 0. The fourth-order valence-corrected chi connectivity index (χ4v) is 6.81. The highest BCUT2D eigenvalue weighted by Gasteiger charge is 2.23. The number of fused-ring (bicyclic) bond motifs is 10. The molecule has 4 heterocycles. The summed E-state index contributed by atoms with van der Waals surface area (Å²) in [6.45, 7) is 0. The van der Waals surface area contributed by atoms with Crippen LogP contribution in [-0.4, -0.2) is 14.5 Å². The summed E-state index contributed by atoms with van der Waals surface area (Å²) >= 11 is 0. The van der Waals surface area contributed by atoms with E-state index in [0.717, 1.165) is 77.4 Å². The Bertz CT molecular complexity index is 2750. The second kappa shape index (κ2) is 9.15. The van der Waals surface area contributed by atoms with Crippen LogP contribution in [0.3, 0.4) is 0 Å². The van der Waals surface area contributed by atoms with Gasteiger partial charge in [-0.3, -0.25) is 0 Å². The molecule has 0 amide bonds. The molecule has 0 saturated heterocycles. The van der Waals surface area contributed by atoms with Gasteiger partial charge in [-0.05, 0) is 48.5 Å². The molecule has 210 valence electrons. The van der Waals surface area contributed by atoms with E-state index in [9.17, 15) is 0 Å². The van der Waals surface area contributed by atoms with E-state index in [2.05, 4.69) is 95.6 Å². The van der Waals surface area contributed by atoms with Crippen molar-refractivity contribution in [2.45, 2.75) is 0 Å². The Hall–Kier alpha value is -6.20. The van der Waals surface area contributed by atoms with E-state index in [4.69, 9.17) is 18.8 Å². The zero-order valence-electron chi connectivity index (χ0n) is 23.9. The molecule has 5 nitrogen and oxygen atoms in total. The second-order valence-electron chi connectivity index (χ2n) is 11.4. The van der Waals surface area contributed by atoms with Gasteiger partial charge in [0.2, 0.25) is 0 Å². The first-order chi connectivity index (χ1) is 22.3. The summed E-state index contributed by atoms with van der Waals surface area (Å²) in [6.07, 6.45) is 0. The zero-order valence-corrected chi connectivity index (χ0v) is 23.9. The number of furan rings is 2. The van der Waals surface area contributed by atoms with Crippen molar-refractivity contribution >= 4 is 65.8 Å². The van der Waals surface area contributed by atoms with E-state index in [1.54, 1.807) is 0 Å². The second-order valence-corrected chi connectivity index (χ2v) is 11.4. The maximum absolute atomic E-state index is 6.68. The first-order valence-corrected chi connectivity index (χ1v) is 15.0. The van der Waals surface area contributed by atoms with Gasteiger partial charge in [-0.15, -0.1) is 0 Å². The molecule has 0 N–H and O–H groups in total. The molecule has 6 aromatic carbocycles. The summed E-state index contributed by atoms with van der Waals surface area (Å²) in [5, 5.41) is 5.46. The fraction of sp³-hybridized carbons (Fsp3) is 0. The van der Waals surface area contributed by atoms with Crippen LogP contribution in [0.1, 0.15) is 0 Å². The van der Waals surface area contributed by atoms with Crippen molar-refractivity contribution in [2.75, 3.05) is 0 Å². The Morgan fingerprint density at radius 2 is 1.20 bits per heavy atom. The van der Waals surface area contributed by atoms with Gasteiger partial charge in [-0.2, -0.15) is 0 Å². The first-order valence-electron chi connectivity index (χ1n) is 15.0. The van der Waals surface area contributed by atoms with Gasteiger partial charge >= 0.3 is 0 Å². The highest BCUT2D eigenvalue weighted by atomic mass is 16.3. The Labute approximate surface area is 256 Å². The molecule has 5 heteroatoms. The summed E-state index contributed by atoms with van der Waals surface area (Å²) in [5.74, 6) is 0.616. The predicted molar refractivity (Wildman–Crippen MR) is 182 cm³/mol. The minimum absolute atomic E-state index is 0.616. The molecule has 0 radical (unpaired) electrons.